The van der Waals surface area contributed by atoms with E-state index in [2.05, 4.69) is 54.1 Å². The molecule has 26 heavy (non-hydrogen) atoms. The molecule has 2 aromatic rings. The zero-order valence-corrected chi connectivity index (χ0v) is 17.1. The first-order chi connectivity index (χ1) is 11.8. The highest BCUT2D eigenvalue weighted by molar-refractivity contribution is 7.80. The Bertz CT molecular complexity index is 878. The molecule has 0 saturated heterocycles. The molecule has 0 aliphatic rings. The van der Waals surface area contributed by atoms with E-state index in [1.54, 1.807) is 0 Å². The van der Waals surface area contributed by atoms with Crippen molar-refractivity contribution in [3.8, 4) is 10.4 Å². The Morgan fingerprint density at radius 3 is 1.81 bits per heavy atom. The fourth-order valence-corrected chi connectivity index (χ4v) is 4.12. The van der Waals surface area contributed by atoms with E-state index in [0.717, 1.165) is 13.1 Å². The van der Waals surface area contributed by atoms with Crippen LogP contribution in [0.5, 0.6) is 0 Å². The van der Waals surface area contributed by atoms with Crippen LogP contribution in [0.15, 0.2) is 35.7 Å². The molecule has 0 aliphatic heterocycles. The molecule has 148 valence electrons. The monoisotopic (exact) mass is 445 g/mol. The molecule has 0 aliphatic carbocycles. The van der Waals surface area contributed by atoms with Gasteiger partial charge in [-0.2, -0.15) is 8.42 Å². The van der Waals surface area contributed by atoms with E-state index in [0.29, 0.717) is 0 Å². The second-order valence-corrected chi connectivity index (χ2v) is 8.28. The molecule has 1 heterocycles. The first kappa shape index (κ1) is 24.8. The van der Waals surface area contributed by atoms with Gasteiger partial charge in [-0.3, -0.25) is 13.7 Å². The van der Waals surface area contributed by atoms with Crippen molar-refractivity contribution in [3.05, 3.63) is 39.7 Å². The summed E-state index contributed by atoms with van der Waals surface area (Å²) < 4.78 is 68.2. The van der Waals surface area contributed by atoms with Crippen LogP contribution < -0.4 is 8.56 Å². The number of hydrogen-bond acceptors (Lipinski definition) is 7. The van der Waals surface area contributed by atoms with Crippen LogP contribution in [0.2, 0.25) is 0 Å². The van der Waals surface area contributed by atoms with Gasteiger partial charge >= 0.3 is 14.4 Å². The molecular formula is C13H19NO8S4. The molecule has 13 heteroatoms. The van der Waals surface area contributed by atoms with Gasteiger partial charge in [0.2, 0.25) is 10.4 Å². The largest absolute Gasteiger partial charge is 0.726 e. The Kier molecular flexibility index (Phi) is 11.0. The Morgan fingerprint density at radius 2 is 1.42 bits per heavy atom. The van der Waals surface area contributed by atoms with E-state index in [1.165, 1.54) is 14.4 Å². The molecule has 0 atom stereocenters. The van der Waals surface area contributed by atoms with Crippen LogP contribution in [0, 0.1) is 0 Å². The van der Waals surface area contributed by atoms with Crippen LogP contribution in [0.4, 0.5) is 0 Å². The molecule has 0 spiro atoms. The number of rotatable bonds is 3. The average molecular weight is 446 g/mol. The fraction of sp³-hybridized carbons (Fsp3) is 0.308. The minimum atomic E-state index is -4.92. The van der Waals surface area contributed by atoms with Gasteiger partial charge in [0, 0.05) is 5.38 Å². The maximum Gasteiger partial charge on any atom is 0.394 e. The second kappa shape index (κ2) is 11.5. The summed E-state index contributed by atoms with van der Waals surface area (Å²) >= 11 is 3.73. The highest BCUT2D eigenvalue weighted by Gasteiger charge is 2.06. The van der Waals surface area contributed by atoms with Gasteiger partial charge in [0.25, 0.3) is 0 Å². The van der Waals surface area contributed by atoms with Crippen LogP contribution in [0.25, 0.3) is 10.4 Å². The molecule has 2 rings (SSSR count). The lowest BCUT2D eigenvalue weighted by Crippen LogP contribution is -2.25. The van der Waals surface area contributed by atoms with Crippen molar-refractivity contribution in [2.75, 3.05) is 13.1 Å². The Morgan fingerprint density at radius 1 is 1.00 bits per heavy atom. The standard InChI is InChI=1S/C13H16NS2.2H2O4S/c1-3-14(4-2)13-15-10-12(16-13)11-8-6-5-7-9-11;2*1-5(2,3)4/h5-10H,3-4H2,1-2H3;2*(H2,1,2,3,4)/q+1;;/p-1. The summed E-state index contributed by atoms with van der Waals surface area (Å²) in [6, 6.07) is 10.6. The zero-order chi connectivity index (χ0) is 20.4. The van der Waals surface area contributed by atoms with Crippen LogP contribution >= 0.6 is 22.7 Å². The highest BCUT2D eigenvalue weighted by Crippen LogP contribution is 2.22. The normalized spacial score (nSPS) is 10.8. The lowest BCUT2D eigenvalue weighted by Gasteiger charge is -1.93. The summed E-state index contributed by atoms with van der Waals surface area (Å²) in [5, 5.41) is 2.26. The molecule has 3 N–H and O–H groups in total. The summed E-state index contributed by atoms with van der Waals surface area (Å²) in [6.45, 7) is 6.58. The van der Waals surface area contributed by atoms with Gasteiger partial charge in [-0.1, -0.05) is 53.0 Å². The summed E-state index contributed by atoms with van der Waals surface area (Å²) in [5.41, 5.74) is 1.32. The summed E-state index contributed by atoms with van der Waals surface area (Å²) in [7, 11) is -9.58. The van der Waals surface area contributed by atoms with E-state index in [1.807, 2.05) is 22.7 Å². The Hall–Kier alpha value is -1.19. The first-order valence-electron chi connectivity index (χ1n) is 6.95. The Labute approximate surface area is 160 Å². The molecule has 0 radical (unpaired) electrons. The minimum Gasteiger partial charge on any atom is -0.726 e. The third kappa shape index (κ3) is 14.0. The quantitative estimate of drug-likeness (QED) is 0.366. The molecule has 0 amide bonds. The average Bonchev–Trinajstić information content (AvgIpc) is 2.96. The molecule has 0 fully saturated rings. The van der Waals surface area contributed by atoms with Crippen molar-refractivity contribution in [3.63, 3.8) is 0 Å². The molecule has 9 nitrogen and oxygen atoms in total. The lowest BCUT2D eigenvalue weighted by atomic mass is 10.2. The van der Waals surface area contributed by atoms with Crippen molar-refractivity contribution < 1.29 is 35.0 Å². The van der Waals surface area contributed by atoms with Gasteiger partial charge in [0.1, 0.15) is 13.1 Å². The zero-order valence-electron chi connectivity index (χ0n) is 13.8. The van der Waals surface area contributed by atoms with Gasteiger partial charge in [-0.05, 0) is 19.4 Å². The van der Waals surface area contributed by atoms with E-state index in [9.17, 15) is 0 Å². The fourth-order valence-electron chi connectivity index (χ4n) is 1.60. The van der Waals surface area contributed by atoms with Gasteiger partial charge in [-0.15, -0.1) is 0 Å². The van der Waals surface area contributed by atoms with Gasteiger partial charge in [0.05, 0.1) is 4.88 Å². The summed E-state index contributed by atoms with van der Waals surface area (Å²) in [6.07, 6.45) is 0. The SMILES string of the molecule is CC[N+](CC)=c1scc(-c2ccccc2)s1.O=S(=O)(O)O.O=S(=O)([O-])O. The van der Waals surface area contributed by atoms with Gasteiger partial charge in [-0.25, -0.2) is 13.0 Å². The Balaban J connectivity index is 0.000000520. The van der Waals surface area contributed by atoms with E-state index >= 15 is 0 Å². The molecule has 1 aromatic heterocycles. The molecule has 0 saturated carbocycles. The van der Waals surface area contributed by atoms with Crippen molar-refractivity contribution in [1.82, 2.24) is 4.58 Å². The van der Waals surface area contributed by atoms with Crippen LogP contribution in [-0.2, 0) is 20.8 Å². The topological polar surface area (TPSA) is 155 Å². The lowest BCUT2D eigenvalue weighted by molar-refractivity contribution is 0.366. The summed E-state index contributed by atoms with van der Waals surface area (Å²) in [5.74, 6) is 0. The number of hydrogen-bond donors (Lipinski definition) is 3. The second-order valence-electron chi connectivity index (χ2n) is 4.38. The predicted molar refractivity (Wildman–Crippen MR) is 100 cm³/mol. The van der Waals surface area contributed by atoms with Crippen molar-refractivity contribution >= 4 is 43.5 Å². The van der Waals surface area contributed by atoms with E-state index in [4.69, 9.17) is 35.0 Å². The molecule has 1 aromatic carbocycles. The number of benzene rings is 1. The molecular weight excluding hydrogens is 426 g/mol. The van der Waals surface area contributed by atoms with Crippen molar-refractivity contribution in [1.29, 1.82) is 0 Å². The van der Waals surface area contributed by atoms with E-state index < -0.39 is 20.8 Å². The van der Waals surface area contributed by atoms with Crippen LogP contribution in [0.3, 0.4) is 0 Å². The third-order valence-electron chi connectivity index (χ3n) is 2.54. The van der Waals surface area contributed by atoms with Gasteiger partial charge < -0.3 is 4.55 Å². The van der Waals surface area contributed by atoms with Crippen LogP contribution in [0.1, 0.15) is 13.8 Å². The first-order valence-corrected chi connectivity index (χ1v) is 11.4. The summed E-state index contributed by atoms with van der Waals surface area (Å²) in [4.78, 5) is 1.37. The molecule has 0 bridgehead atoms. The van der Waals surface area contributed by atoms with Crippen molar-refractivity contribution in [2.24, 2.45) is 0 Å². The molecule has 0 unspecified atom stereocenters. The highest BCUT2D eigenvalue weighted by atomic mass is 32.3. The van der Waals surface area contributed by atoms with E-state index in [-0.39, 0.29) is 0 Å². The predicted octanol–water partition coefficient (Wildman–Crippen LogP) is 1.64. The van der Waals surface area contributed by atoms with Crippen LogP contribution in [-0.4, -0.2) is 48.1 Å². The maximum atomic E-state index is 8.74. The maximum absolute atomic E-state index is 8.74. The minimum absolute atomic E-state index is 1.09. The smallest absolute Gasteiger partial charge is 0.394 e. The van der Waals surface area contributed by atoms with Gasteiger partial charge in [0.15, 0.2) is 0 Å². The van der Waals surface area contributed by atoms with Crippen molar-refractivity contribution in [2.45, 2.75) is 13.8 Å². The number of nitrogens with zero attached hydrogens (tertiary/aromatic N) is 1. The third-order valence-corrected chi connectivity index (χ3v) is 5.05.